The highest BCUT2D eigenvalue weighted by Gasteiger charge is 2.49. The monoisotopic (exact) mass is 566 g/mol. The van der Waals surface area contributed by atoms with Crippen LogP contribution >= 0.6 is 11.6 Å². The van der Waals surface area contributed by atoms with Crippen LogP contribution in [0.3, 0.4) is 0 Å². The summed E-state index contributed by atoms with van der Waals surface area (Å²) in [5.74, 6) is 2.79. The van der Waals surface area contributed by atoms with Crippen molar-refractivity contribution in [1.29, 1.82) is 0 Å². The van der Waals surface area contributed by atoms with Gasteiger partial charge in [0.2, 0.25) is 0 Å². The van der Waals surface area contributed by atoms with Crippen LogP contribution in [0.25, 0.3) is 22.6 Å². The Kier molecular flexibility index (Phi) is 7.50. The van der Waals surface area contributed by atoms with Gasteiger partial charge in [-0.2, -0.15) is 0 Å². The molecule has 3 aromatic rings. The molecule has 40 heavy (non-hydrogen) atoms. The molecule has 1 unspecified atom stereocenters. The Morgan fingerprint density at radius 2 is 1.93 bits per heavy atom. The fraction of sp³-hybridized carbons (Fsp3) is 0.567. The number of aliphatic hydroxyl groups is 1. The Hall–Kier alpha value is -2.72. The highest BCUT2D eigenvalue weighted by atomic mass is 35.5. The Bertz CT molecular complexity index is 1350. The largest absolute Gasteiger partial charge is 0.491 e. The fourth-order valence-corrected chi connectivity index (χ4v) is 6.47. The molecule has 2 aliphatic heterocycles. The summed E-state index contributed by atoms with van der Waals surface area (Å²) >= 11 is 6.72. The Balaban J connectivity index is 1.33. The van der Waals surface area contributed by atoms with Crippen LogP contribution in [0.5, 0.6) is 5.75 Å². The lowest BCUT2D eigenvalue weighted by Gasteiger charge is -2.54. The van der Waals surface area contributed by atoms with E-state index in [4.69, 9.17) is 30.8 Å². The third kappa shape index (κ3) is 5.32. The molecule has 0 bridgehead atoms. The van der Waals surface area contributed by atoms with E-state index in [-0.39, 0.29) is 6.61 Å². The molecule has 6 rings (SSSR count). The average Bonchev–Trinajstić information content (AvgIpc) is 3.71. The van der Waals surface area contributed by atoms with Crippen molar-refractivity contribution in [1.82, 2.24) is 25.3 Å². The number of likely N-dealkylation sites (N-methyl/N-ethyl adjacent to an activating group) is 1. The molecular formula is C30H39ClN6O3. The molecule has 3 fully saturated rings. The number of hydrogen-bond donors (Lipinski definition) is 2. The number of aryl methyl sites for hydroxylation is 2. The fourth-order valence-electron chi connectivity index (χ4n) is 6.27. The van der Waals surface area contributed by atoms with Crippen LogP contribution in [0.1, 0.15) is 42.7 Å². The molecule has 9 nitrogen and oxygen atoms in total. The number of likely N-dealkylation sites (tertiary alicyclic amines) is 1. The predicted octanol–water partition coefficient (Wildman–Crippen LogP) is 4.40. The second-order valence-corrected chi connectivity index (χ2v) is 12.2. The molecule has 2 N–H and O–H groups in total. The molecule has 1 aliphatic carbocycles. The minimum Gasteiger partial charge on any atom is -0.491 e. The Labute approximate surface area is 240 Å². The number of nitrogens with zero attached hydrogens (tertiary/aromatic N) is 5. The topological polar surface area (TPSA) is 99.8 Å². The van der Waals surface area contributed by atoms with Gasteiger partial charge in [0.1, 0.15) is 30.0 Å². The van der Waals surface area contributed by atoms with Gasteiger partial charge < -0.3 is 24.6 Å². The number of piperidine rings is 1. The number of aromatic nitrogens is 3. The van der Waals surface area contributed by atoms with E-state index >= 15 is 0 Å². The summed E-state index contributed by atoms with van der Waals surface area (Å²) in [7, 11) is 1.80. The molecule has 4 heterocycles. The highest BCUT2D eigenvalue weighted by Crippen LogP contribution is 2.46. The lowest BCUT2D eigenvalue weighted by atomic mass is 9.72. The normalized spacial score (nSPS) is 19.6. The van der Waals surface area contributed by atoms with Crippen LogP contribution in [0, 0.1) is 26.2 Å². The number of anilines is 1. The smallest absolute Gasteiger partial charge is 0.163 e. The Morgan fingerprint density at radius 1 is 1.18 bits per heavy atom. The first-order valence-corrected chi connectivity index (χ1v) is 14.7. The minimum absolute atomic E-state index is 0.167. The van der Waals surface area contributed by atoms with Gasteiger partial charge in [0.05, 0.1) is 22.0 Å². The lowest BCUT2D eigenvalue weighted by molar-refractivity contribution is -0.0242. The molecule has 1 atom stereocenters. The molecule has 1 saturated carbocycles. The summed E-state index contributed by atoms with van der Waals surface area (Å²) in [6.07, 6.45) is 4.48. The minimum atomic E-state index is -0.619. The first-order chi connectivity index (χ1) is 19.3. The van der Waals surface area contributed by atoms with E-state index in [1.165, 1.54) is 38.8 Å². The molecule has 10 heteroatoms. The number of hydrogen-bond acceptors (Lipinski definition) is 9. The second-order valence-electron chi connectivity index (χ2n) is 11.8. The van der Waals surface area contributed by atoms with Crippen LogP contribution < -0.4 is 15.0 Å². The number of ether oxygens (including phenoxy) is 1. The van der Waals surface area contributed by atoms with Crippen molar-refractivity contribution >= 4 is 17.4 Å². The maximum atomic E-state index is 10.1. The molecule has 0 amide bonds. The maximum Gasteiger partial charge on any atom is 0.163 e. The van der Waals surface area contributed by atoms with Gasteiger partial charge in [-0.1, -0.05) is 16.8 Å². The molecule has 214 valence electrons. The zero-order valence-electron chi connectivity index (χ0n) is 23.8. The van der Waals surface area contributed by atoms with Gasteiger partial charge >= 0.3 is 0 Å². The number of nitrogens with one attached hydrogen (secondary N) is 1. The summed E-state index contributed by atoms with van der Waals surface area (Å²) in [5.41, 5.74) is 4.66. The molecule has 0 radical (unpaired) electrons. The summed E-state index contributed by atoms with van der Waals surface area (Å²) in [6, 6.07) is 6.30. The molecule has 2 aromatic heterocycles. The van der Waals surface area contributed by atoms with Gasteiger partial charge in [0.25, 0.3) is 0 Å². The van der Waals surface area contributed by atoms with Crippen LogP contribution in [-0.4, -0.2) is 83.7 Å². The summed E-state index contributed by atoms with van der Waals surface area (Å²) in [5, 5.41) is 17.8. The van der Waals surface area contributed by atoms with Gasteiger partial charge in [-0.25, -0.2) is 9.97 Å². The van der Waals surface area contributed by atoms with E-state index in [2.05, 4.69) is 27.2 Å². The predicted molar refractivity (Wildman–Crippen MR) is 156 cm³/mol. The van der Waals surface area contributed by atoms with E-state index in [9.17, 15) is 5.11 Å². The maximum absolute atomic E-state index is 10.1. The van der Waals surface area contributed by atoms with Gasteiger partial charge in [-0.05, 0) is 77.1 Å². The van der Waals surface area contributed by atoms with Gasteiger partial charge in [0, 0.05) is 49.9 Å². The Morgan fingerprint density at radius 3 is 2.58 bits per heavy atom. The SMILES string of the molecule is CNCC(O)COc1ccc(Cl)c(-c2nc(-c3c(C)noc3C)c(C)c(N3CCC4(CC3)CN(C3CC3)C4)n2)c1. The summed E-state index contributed by atoms with van der Waals surface area (Å²) in [6.45, 7) is 11.0. The van der Waals surface area contributed by atoms with Crippen molar-refractivity contribution in [2.24, 2.45) is 5.41 Å². The van der Waals surface area contributed by atoms with Crippen molar-refractivity contribution in [3.05, 3.63) is 40.2 Å². The van der Waals surface area contributed by atoms with Crippen molar-refractivity contribution in [2.45, 2.75) is 58.6 Å². The second kappa shape index (κ2) is 10.9. The molecule has 1 spiro atoms. The van der Waals surface area contributed by atoms with E-state index < -0.39 is 6.10 Å². The van der Waals surface area contributed by atoms with Crippen molar-refractivity contribution in [3.63, 3.8) is 0 Å². The van der Waals surface area contributed by atoms with Gasteiger partial charge in [-0.15, -0.1) is 0 Å². The average molecular weight is 567 g/mol. The number of rotatable bonds is 9. The third-order valence-electron chi connectivity index (χ3n) is 8.72. The van der Waals surface area contributed by atoms with E-state index in [1.807, 2.05) is 19.9 Å². The number of benzene rings is 1. The zero-order valence-corrected chi connectivity index (χ0v) is 24.6. The molecule has 3 aliphatic rings. The standard InChI is InChI=1S/C30H39ClN6O3/c1-18-27(26-19(2)35-40-20(26)3)33-28(24-13-23(7-8-25(24)31)39-15-22(38)14-32-4)34-29(18)36-11-9-30(10-12-36)16-37(17-30)21-5-6-21/h7-8,13,21-22,32,38H,5-6,9-12,14-17H2,1-4H3. The lowest BCUT2D eigenvalue weighted by Crippen LogP contribution is -2.61. The van der Waals surface area contributed by atoms with Crippen LogP contribution in [0.15, 0.2) is 22.7 Å². The first kappa shape index (κ1) is 27.4. The summed E-state index contributed by atoms with van der Waals surface area (Å²) in [4.78, 5) is 15.2. The van der Waals surface area contributed by atoms with Crippen LogP contribution in [0.4, 0.5) is 5.82 Å². The van der Waals surface area contributed by atoms with Gasteiger partial charge in [-0.3, -0.25) is 4.90 Å². The third-order valence-corrected chi connectivity index (χ3v) is 9.04. The highest BCUT2D eigenvalue weighted by molar-refractivity contribution is 6.33. The molecule has 1 aromatic carbocycles. The molecular weight excluding hydrogens is 528 g/mol. The zero-order chi connectivity index (χ0) is 28.0. The number of aliphatic hydroxyl groups excluding tert-OH is 1. The van der Waals surface area contributed by atoms with E-state index in [0.29, 0.717) is 34.1 Å². The number of halogens is 1. The van der Waals surface area contributed by atoms with E-state index in [1.54, 1.807) is 19.2 Å². The van der Waals surface area contributed by atoms with Crippen molar-refractivity contribution < 1.29 is 14.4 Å². The molecule has 2 saturated heterocycles. The quantitative estimate of drug-likeness (QED) is 0.390. The first-order valence-electron chi connectivity index (χ1n) is 14.3. The van der Waals surface area contributed by atoms with Crippen molar-refractivity contribution in [3.8, 4) is 28.4 Å². The van der Waals surface area contributed by atoms with Crippen molar-refractivity contribution in [2.75, 3.05) is 51.3 Å². The van der Waals surface area contributed by atoms with Crippen LogP contribution in [0.2, 0.25) is 5.02 Å². The van der Waals surface area contributed by atoms with E-state index in [0.717, 1.165) is 53.2 Å². The summed E-state index contributed by atoms with van der Waals surface area (Å²) < 4.78 is 11.4. The van der Waals surface area contributed by atoms with Crippen LogP contribution in [-0.2, 0) is 0 Å². The van der Waals surface area contributed by atoms with Gasteiger partial charge in [0.15, 0.2) is 5.82 Å².